The van der Waals surface area contributed by atoms with Crippen molar-refractivity contribution in [3.8, 4) is 0 Å². The van der Waals surface area contributed by atoms with Gasteiger partial charge in [-0.25, -0.2) is 14.0 Å². The molecule has 0 aliphatic carbocycles. The third kappa shape index (κ3) is 4.92. The predicted octanol–water partition coefficient (Wildman–Crippen LogP) is 2.98. The molecule has 7 heteroatoms. The summed E-state index contributed by atoms with van der Waals surface area (Å²) in [5.41, 5.74) is -1.56. The number of esters is 1. The molecule has 1 amide bonds. The molecule has 134 valence electrons. The van der Waals surface area contributed by atoms with E-state index in [-0.39, 0.29) is 11.3 Å². The first kappa shape index (κ1) is 19.9. The molecular formula is C17H24FNO5. The monoisotopic (exact) mass is 341 g/mol. The summed E-state index contributed by atoms with van der Waals surface area (Å²) in [6.45, 7) is 8.19. The molecule has 0 radical (unpaired) electrons. The van der Waals surface area contributed by atoms with E-state index >= 15 is 0 Å². The molecule has 2 N–H and O–H groups in total. The van der Waals surface area contributed by atoms with E-state index in [4.69, 9.17) is 4.74 Å². The number of hydrogen-bond acceptors (Lipinski definition) is 5. The molecule has 0 aromatic heterocycles. The third-order valence-electron chi connectivity index (χ3n) is 3.42. The molecule has 0 fully saturated rings. The van der Waals surface area contributed by atoms with Crippen LogP contribution in [-0.2, 0) is 19.7 Å². The van der Waals surface area contributed by atoms with Gasteiger partial charge in [0.05, 0.1) is 7.11 Å². The fourth-order valence-electron chi connectivity index (χ4n) is 2.09. The summed E-state index contributed by atoms with van der Waals surface area (Å²) < 4.78 is 24.0. The molecule has 1 rings (SSSR count). The molecule has 0 aliphatic rings. The predicted molar refractivity (Wildman–Crippen MR) is 87.3 cm³/mol. The van der Waals surface area contributed by atoms with Gasteiger partial charge in [-0.15, -0.1) is 0 Å². The van der Waals surface area contributed by atoms with E-state index in [2.05, 4.69) is 10.1 Å². The van der Waals surface area contributed by atoms with Gasteiger partial charge in [-0.2, -0.15) is 0 Å². The van der Waals surface area contributed by atoms with Crippen LogP contribution in [0.1, 0.15) is 40.2 Å². The van der Waals surface area contributed by atoms with Crippen LogP contribution in [0.5, 0.6) is 0 Å². The molecule has 0 aliphatic heterocycles. The summed E-state index contributed by atoms with van der Waals surface area (Å²) >= 11 is 0. The number of aliphatic hydroxyl groups excluding tert-OH is 1. The zero-order chi connectivity index (χ0) is 18.7. The Morgan fingerprint density at radius 2 is 1.79 bits per heavy atom. The summed E-state index contributed by atoms with van der Waals surface area (Å²) in [4.78, 5) is 23.2. The first-order valence-corrected chi connectivity index (χ1v) is 7.44. The van der Waals surface area contributed by atoms with Crippen LogP contribution in [-0.4, -0.2) is 36.0 Å². The largest absolute Gasteiger partial charge is 0.467 e. The number of anilines is 1. The van der Waals surface area contributed by atoms with Crippen LogP contribution in [0.4, 0.5) is 14.9 Å². The number of rotatable bonds is 4. The van der Waals surface area contributed by atoms with Crippen LogP contribution in [0.2, 0.25) is 0 Å². The minimum Gasteiger partial charge on any atom is -0.467 e. The minimum absolute atomic E-state index is 0.120. The zero-order valence-corrected chi connectivity index (χ0v) is 14.8. The van der Waals surface area contributed by atoms with Gasteiger partial charge in [0.15, 0.2) is 6.10 Å². The van der Waals surface area contributed by atoms with Gasteiger partial charge in [0, 0.05) is 11.1 Å². The Bertz CT molecular complexity index is 622. The van der Waals surface area contributed by atoms with Crippen LogP contribution in [0, 0.1) is 5.82 Å². The Labute approximate surface area is 141 Å². The molecule has 6 nitrogen and oxygen atoms in total. The number of halogens is 1. The van der Waals surface area contributed by atoms with Gasteiger partial charge in [-0.1, -0.05) is 19.9 Å². The topological polar surface area (TPSA) is 84.9 Å². The first-order valence-electron chi connectivity index (χ1n) is 7.44. The number of carbonyl (C=O) groups excluding carboxylic acids is 2. The van der Waals surface area contributed by atoms with Gasteiger partial charge < -0.3 is 14.6 Å². The summed E-state index contributed by atoms with van der Waals surface area (Å²) in [6.07, 6.45) is -2.23. The Kier molecular flexibility index (Phi) is 5.94. The van der Waals surface area contributed by atoms with Gasteiger partial charge in [0.2, 0.25) is 0 Å². The lowest BCUT2D eigenvalue weighted by Gasteiger charge is -2.29. The van der Waals surface area contributed by atoms with Crippen LogP contribution < -0.4 is 5.32 Å². The molecule has 0 heterocycles. The van der Waals surface area contributed by atoms with Gasteiger partial charge in [0.25, 0.3) is 0 Å². The van der Waals surface area contributed by atoms with Crippen LogP contribution in [0.15, 0.2) is 18.2 Å². The maximum absolute atomic E-state index is 14.4. The Balaban J connectivity index is 2.99. The Morgan fingerprint density at radius 1 is 1.21 bits per heavy atom. The van der Waals surface area contributed by atoms with E-state index in [1.165, 1.54) is 26.0 Å². The van der Waals surface area contributed by atoms with Crippen LogP contribution in [0.3, 0.4) is 0 Å². The summed E-state index contributed by atoms with van der Waals surface area (Å²) in [5, 5.41) is 12.5. The second-order valence-electron chi connectivity index (χ2n) is 6.97. The van der Waals surface area contributed by atoms with Crippen molar-refractivity contribution in [3.05, 3.63) is 29.6 Å². The summed E-state index contributed by atoms with van der Waals surface area (Å²) in [7, 11) is 1.14. The highest BCUT2D eigenvalue weighted by molar-refractivity contribution is 5.85. The zero-order valence-electron chi connectivity index (χ0n) is 14.8. The normalized spacial score (nSPS) is 13.2. The molecule has 0 spiro atoms. The van der Waals surface area contributed by atoms with Gasteiger partial charge in [0.1, 0.15) is 11.4 Å². The number of hydrogen-bond donors (Lipinski definition) is 2. The highest BCUT2D eigenvalue weighted by atomic mass is 19.1. The number of benzene rings is 1. The summed E-state index contributed by atoms with van der Waals surface area (Å²) in [5.74, 6) is -1.52. The van der Waals surface area contributed by atoms with E-state index in [1.54, 1.807) is 20.8 Å². The van der Waals surface area contributed by atoms with E-state index in [1.807, 2.05) is 0 Å². The van der Waals surface area contributed by atoms with Crippen molar-refractivity contribution in [2.24, 2.45) is 0 Å². The van der Waals surface area contributed by atoms with Gasteiger partial charge in [-0.05, 0) is 38.5 Å². The quantitative estimate of drug-likeness (QED) is 0.823. The van der Waals surface area contributed by atoms with Gasteiger partial charge >= 0.3 is 12.1 Å². The van der Waals surface area contributed by atoms with Crippen LogP contribution in [0.25, 0.3) is 0 Å². The van der Waals surface area contributed by atoms with Crippen molar-refractivity contribution < 1.29 is 28.6 Å². The molecule has 0 bridgehead atoms. The number of carbonyl (C=O) groups is 2. The van der Waals surface area contributed by atoms with E-state index in [0.29, 0.717) is 0 Å². The van der Waals surface area contributed by atoms with E-state index in [9.17, 15) is 19.1 Å². The van der Waals surface area contributed by atoms with Crippen molar-refractivity contribution in [2.75, 3.05) is 12.4 Å². The molecule has 1 aromatic carbocycles. The first-order chi connectivity index (χ1) is 10.9. The highest BCUT2D eigenvalue weighted by Crippen LogP contribution is 2.31. The fraction of sp³-hybridized carbons (Fsp3) is 0.529. The third-order valence-corrected chi connectivity index (χ3v) is 3.42. The summed E-state index contributed by atoms with van der Waals surface area (Å²) in [6, 6.07) is 3.97. The number of methoxy groups -OCH3 is 1. The molecule has 1 aromatic rings. The molecule has 1 unspecified atom stereocenters. The lowest BCUT2D eigenvalue weighted by molar-refractivity contribution is -0.153. The Hall–Kier alpha value is -2.15. The maximum atomic E-state index is 14.4. The second-order valence-corrected chi connectivity index (χ2v) is 6.97. The van der Waals surface area contributed by atoms with Crippen molar-refractivity contribution in [1.29, 1.82) is 0 Å². The van der Waals surface area contributed by atoms with E-state index < -0.39 is 35.0 Å². The highest BCUT2D eigenvalue weighted by Gasteiger charge is 2.38. The number of aliphatic hydroxyl groups is 1. The van der Waals surface area contributed by atoms with Crippen molar-refractivity contribution in [2.45, 2.75) is 51.7 Å². The average molecular weight is 341 g/mol. The molecule has 0 saturated heterocycles. The second kappa shape index (κ2) is 7.17. The number of ether oxygens (including phenoxy) is 2. The molecule has 1 atom stereocenters. The standard InChI is InChI=1S/C17H24FNO5/c1-16(2,3)24-15(22)19-10-7-8-11(12(18)9-10)17(4,5)13(20)14(21)23-6/h7-9,13,20H,1-6H3,(H,19,22). The van der Waals surface area contributed by atoms with Crippen molar-refractivity contribution >= 4 is 17.7 Å². The SMILES string of the molecule is COC(=O)C(O)C(C)(C)c1ccc(NC(=O)OC(C)(C)C)cc1F. The Morgan fingerprint density at radius 3 is 2.25 bits per heavy atom. The number of amides is 1. The lowest BCUT2D eigenvalue weighted by Crippen LogP contribution is -2.41. The van der Waals surface area contributed by atoms with Crippen molar-refractivity contribution in [3.63, 3.8) is 0 Å². The van der Waals surface area contributed by atoms with Crippen LogP contribution >= 0.6 is 0 Å². The lowest BCUT2D eigenvalue weighted by atomic mass is 9.79. The smallest absolute Gasteiger partial charge is 0.412 e. The molecule has 24 heavy (non-hydrogen) atoms. The average Bonchev–Trinajstić information content (AvgIpc) is 2.43. The molecular weight excluding hydrogens is 317 g/mol. The van der Waals surface area contributed by atoms with E-state index in [0.717, 1.165) is 13.2 Å². The number of nitrogens with one attached hydrogen (secondary N) is 1. The fourth-order valence-corrected chi connectivity index (χ4v) is 2.09. The van der Waals surface area contributed by atoms with Gasteiger partial charge in [-0.3, -0.25) is 5.32 Å². The van der Waals surface area contributed by atoms with Crippen molar-refractivity contribution in [1.82, 2.24) is 0 Å². The maximum Gasteiger partial charge on any atom is 0.412 e. The molecule has 0 saturated carbocycles. The minimum atomic E-state index is -1.53.